The van der Waals surface area contributed by atoms with Gasteiger partial charge in [0.1, 0.15) is 0 Å². The van der Waals surface area contributed by atoms with Crippen molar-refractivity contribution >= 4 is 17.2 Å². The highest BCUT2D eigenvalue weighted by atomic mass is 32.1. The molecule has 21 heavy (non-hydrogen) atoms. The molecule has 112 valence electrons. The third-order valence-electron chi connectivity index (χ3n) is 3.70. The minimum Gasteiger partial charge on any atom is -0.341 e. The summed E-state index contributed by atoms with van der Waals surface area (Å²) in [5.74, 6) is 0.00269. The first kappa shape index (κ1) is 15.7. The number of carbonyl (C=O) groups excluding carboxylic acids is 1. The lowest BCUT2D eigenvalue weighted by molar-refractivity contribution is -0.133. The van der Waals surface area contributed by atoms with Crippen molar-refractivity contribution in [3.8, 4) is 0 Å². The highest BCUT2D eigenvalue weighted by molar-refractivity contribution is 7.09. The molecule has 3 nitrogen and oxygen atoms in total. The molecule has 1 amide bonds. The summed E-state index contributed by atoms with van der Waals surface area (Å²) in [4.78, 5) is 15.5. The van der Waals surface area contributed by atoms with Crippen molar-refractivity contribution in [3.63, 3.8) is 0 Å². The van der Waals surface area contributed by atoms with Crippen LogP contribution in [0, 0.1) is 0 Å². The second kappa shape index (κ2) is 7.38. The van der Waals surface area contributed by atoms with Crippen LogP contribution in [0.1, 0.15) is 17.4 Å². The van der Waals surface area contributed by atoms with E-state index in [9.17, 15) is 4.79 Å². The Kier molecular flexibility index (Phi) is 5.53. The molecule has 2 unspecified atom stereocenters. The van der Waals surface area contributed by atoms with Gasteiger partial charge < -0.3 is 10.6 Å². The largest absolute Gasteiger partial charge is 0.341 e. The number of nitrogens with zero attached hydrogens (tertiary/aromatic N) is 1. The third kappa shape index (κ3) is 4.41. The van der Waals surface area contributed by atoms with Crippen LogP contribution in [-0.4, -0.2) is 29.9 Å². The molecule has 0 bridgehead atoms. The summed E-state index contributed by atoms with van der Waals surface area (Å²) in [6.45, 7) is 2.06. The van der Waals surface area contributed by atoms with E-state index in [1.54, 1.807) is 16.2 Å². The molecule has 0 aliphatic rings. The summed E-state index contributed by atoms with van der Waals surface area (Å²) >= 11 is 1.72. The minimum atomic E-state index is -0.483. The molecule has 1 aromatic heterocycles. The van der Waals surface area contributed by atoms with Gasteiger partial charge in [0.15, 0.2) is 0 Å². The smallest absolute Gasteiger partial charge is 0.239 e. The fraction of sp³-hybridized carbons (Fsp3) is 0.353. The zero-order chi connectivity index (χ0) is 15.2. The van der Waals surface area contributed by atoms with Gasteiger partial charge in [-0.05, 0) is 30.4 Å². The second-order valence-electron chi connectivity index (χ2n) is 5.38. The van der Waals surface area contributed by atoms with Crippen LogP contribution in [0.4, 0.5) is 0 Å². The zero-order valence-electron chi connectivity index (χ0n) is 12.5. The van der Waals surface area contributed by atoms with E-state index in [4.69, 9.17) is 5.73 Å². The standard InChI is InChI=1S/C17H22N2OS/c1-13(11-15-9-6-10-21-15)19(2)17(20)16(18)12-14-7-4-3-5-8-14/h3-10,13,16H,11-12,18H2,1-2H3. The van der Waals surface area contributed by atoms with Crippen LogP contribution in [0.25, 0.3) is 0 Å². The van der Waals surface area contributed by atoms with Crippen molar-refractivity contribution in [2.24, 2.45) is 5.73 Å². The lowest BCUT2D eigenvalue weighted by Gasteiger charge is -2.27. The van der Waals surface area contributed by atoms with Crippen molar-refractivity contribution in [2.45, 2.75) is 31.8 Å². The van der Waals surface area contributed by atoms with Crippen molar-refractivity contribution in [2.75, 3.05) is 7.05 Å². The number of likely N-dealkylation sites (N-methyl/N-ethyl adjacent to an activating group) is 1. The molecule has 1 aromatic carbocycles. The molecular formula is C17H22N2OS. The van der Waals surface area contributed by atoms with Crippen LogP contribution in [-0.2, 0) is 17.6 Å². The Morgan fingerprint density at radius 1 is 1.19 bits per heavy atom. The SMILES string of the molecule is CC(Cc1cccs1)N(C)C(=O)C(N)Cc1ccccc1. The van der Waals surface area contributed by atoms with E-state index in [0.29, 0.717) is 6.42 Å². The van der Waals surface area contributed by atoms with Gasteiger partial charge in [0, 0.05) is 24.4 Å². The zero-order valence-corrected chi connectivity index (χ0v) is 13.3. The maximum absolute atomic E-state index is 12.4. The molecule has 2 rings (SSSR count). The van der Waals surface area contributed by atoms with Gasteiger partial charge in [-0.2, -0.15) is 0 Å². The number of hydrogen-bond acceptors (Lipinski definition) is 3. The van der Waals surface area contributed by atoms with E-state index in [1.165, 1.54) is 4.88 Å². The molecule has 0 saturated carbocycles. The molecule has 2 atom stereocenters. The Bertz CT molecular complexity index is 553. The number of rotatable bonds is 6. The van der Waals surface area contributed by atoms with Gasteiger partial charge in [-0.15, -0.1) is 11.3 Å². The van der Waals surface area contributed by atoms with Gasteiger partial charge in [0.25, 0.3) is 0 Å². The topological polar surface area (TPSA) is 46.3 Å². The lowest BCUT2D eigenvalue weighted by atomic mass is 10.0. The summed E-state index contributed by atoms with van der Waals surface area (Å²) in [7, 11) is 1.84. The summed E-state index contributed by atoms with van der Waals surface area (Å²) in [5, 5.41) is 2.06. The number of thiophene rings is 1. The van der Waals surface area contributed by atoms with Crippen LogP contribution < -0.4 is 5.73 Å². The van der Waals surface area contributed by atoms with Crippen LogP contribution >= 0.6 is 11.3 Å². The summed E-state index contributed by atoms with van der Waals surface area (Å²) in [6.07, 6.45) is 1.45. The van der Waals surface area contributed by atoms with E-state index in [0.717, 1.165) is 12.0 Å². The molecule has 2 aromatic rings. The van der Waals surface area contributed by atoms with Crippen molar-refractivity contribution in [1.82, 2.24) is 4.90 Å². The average molecular weight is 302 g/mol. The van der Waals surface area contributed by atoms with Crippen LogP contribution in [0.5, 0.6) is 0 Å². The van der Waals surface area contributed by atoms with E-state index < -0.39 is 6.04 Å². The van der Waals surface area contributed by atoms with Gasteiger partial charge in [-0.3, -0.25) is 4.79 Å². The van der Waals surface area contributed by atoms with Crippen LogP contribution in [0.15, 0.2) is 47.8 Å². The fourth-order valence-electron chi connectivity index (χ4n) is 2.29. The highest BCUT2D eigenvalue weighted by Gasteiger charge is 2.22. The third-order valence-corrected chi connectivity index (χ3v) is 4.60. The first-order valence-corrected chi connectivity index (χ1v) is 8.04. The maximum Gasteiger partial charge on any atom is 0.239 e. The molecule has 0 aliphatic heterocycles. The fourth-order valence-corrected chi connectivity index (χ4v) is 3.12. The molecule has 0 saturated heterocycles. The molecule has 2 N–H and O–H groups in total. The van der Waals surface area contributed by atoms with Crippen LogP contribution in [0.3, 0.4) is 0 Å². The quantitative estimate of drug-likeness (QED) is 0.892. The average Bonchev–Trinajstić information content (AvgIpc) is 2.99. The Hall–Kier alpha value is -1.65. The molecule has 0 aliphatic carbocycles. The molecule has 0 fully saturated rings. The predicted octanol–water partition coefficient (Wildman–Crippen LogP) is 2.71. The number of hydrogen-bond donors (Lipinski definition) is 1. The summed E-state index contributed by atoms with van der Waals surface area (Å²) in [5.41, 5.74) is 7.17. The molecule has 0 radical (unpaired) electrons. The van der Waals surface area contributed by atoms with Gasteiger partial charge in [0.05, 0.1) is 6.04 Å². The first-order valence-electron chi connectivity index (χ1n) is 7.16. The Morgan fingerprint density at radius 3 is 2.52 bits per heavy atom. The summed E-state index contributed by atoms with van der Waals surface area (Å²) < 4.78 is 0. The summed E-state index contributed by atoms with van der Waals surface area (Å²) in [6, 6.07) is 13.7. The molecule has 4 heteroatoms. The normalized spacial score (nSPS) is 13.7. The molecule has 0 spiro atoms. The van der Waals surface area contributed by atoms with Crippen LogP contribution in [0.2, 0.25) is 0 Å². The van der Waals surface area contributed by atoms with Gasteiger partial charge in [-0.25, -0.2) is 0 Å². The highest BCUT2D eigenvalue weighted by Crippen LogP contribution is 2.14. The Balaban J connectivity index is 1.91. The van der Waals surface area contributed by atoms with E-state index in [1.807, 2.05) is 43.4 Å². The first-order chi connectivity index (χ1) is 10.1. The second-order valence-corrected chi connectivity index (χ2v) is 6.41. The Labute approximate surface area is 130 Å². The van der Waals surface area contributed by atoms with Crippen molar-refractivity contribution in [3.05, 3.63) is 58.3 Å². The molecular weight excluding hydrogens is 280 g/mol. The molecule has 1 heterocycles. The van der Waals surface area contributed by atoms with Crippen molar-refractivity contribution in [1.29, 1.82) is 0 Å². The predicted molar refractivity (Wildman–Crippen MR) is 88.4 cm³/mol. The Morgan fingerprint density at radius 2 is 1.90 bits per heavy atom. The maximum atomic E-state index is 12.4. The monoisotopic (exact) mass is 302 g/mol. The van der Waals surface area contributed by atoms with E-state index in [2.05, 4.69) is 18.4 Å². The van der Waals surface area contributed by atoms with Crippen molar-refractivity contribution < 1.29 is 4.79 Å². The van der Waals surface area contributed by atoms with Gasteiger partial charge in [0.2, 0.25) is 5.91 Å². The van der Waals surface area contributed by atoms with E-state index >= 15 is 0 Å². The number of carbonyl (C=O) groups is 1. The van der Waals surface area contributed by atoms with Gasteiger partial charge in [-0.1, -0.05) is 36.4 Å². The van der Waals surface area contributed by atoms with E-state index in [-0.39, 0.29) is 11.9 Å². The lowest BCUT2D eigenvalue weighted by Crippen LogP contribution is -2.47. The number of amides is 1. The number of nitrogens with two attached hydrogens (primary N) is 1. The van der Waals surface area contributed by atoms with Gasteiger partial charge >= 0.3 is 0 Å². The number of benzene rings is 1. The minimum absolute atomic E-state index is 0.00269.